The van der Waals surface area contributed by atoms with Gasteiger partial charge >= 0.3 is 0 Å². The van der Waals surface area contributed by atoms with Crippen molar-refractivity contribution in [2.45, 2.75) is 6.42 Å². The average molecular weight is 212 g/mol. The van der Waals surface area contributed by atoms with E-state index in [2.05, 4.69) is 10.1 Å². The largest absolute Gasteiger partial charge is 0.384 e. The number of ether oxygens (including phenoxy) is 1. The van der Waals surface area contributed by atoms with Gasteiger partial charge in [0, 0.05) is 13.5 Å². The van der Waals surface area contributed by atoms with Crippen LogP contribution < -0.4 is 0 Å². The van der Waals surface area contributed by atoms with Crippen molar-refractivity contribution in [3.05, 3.63) is 29.2 Å². The lowest BCUT2D eigenvalue weighted by molar-refractivity contribution is 0.200. The Labute approximate surface area is 86.5 Å². The predicted octanol–water partition coefficient (Wildman–Crippen LogP) is 1.57. The van der Waals surface area contributed by atoms with Crippen LogP contribution in [0.1, 0.15) is 5.82 Å². The maximum Gasteiger partial charge on any atom is 0.157 e. The molecule has 2 heterocycles. The van der Waals surface area contributed by atoms with Crippen LogP contribution in [0.15, 0.2) is 18.2 Å². The number of nitrogens with zero attached hydrogens (tertiary/aromatic N) is 3. The van der Waals surface area contributed by atoms with E-state index in [4.69, 9.17) is 16.3 Å². The first-order valence-corrected chi connectivity index (χ1v) is 4.68. The highest BCUT2D eigenvalue weighted by molar-refractivity contribution is 6.29. The highest BCUT2D eigenvalue weighted by Crippen LogP contribution is 2.10. The number of pyridine rings is 1. The third-order valence-electron chi connectivity index (χ3n) is 1.89. The van der Waals surface area contributed by atoms with E-state index >= 15 is 0 Å². The molecule has 0 saturated carbocycles. The third-order valence-corrected chi connectivity index (χ3v) is 2.17. The minimum absolute atomic E-state index is 0.568. The summed E-state index contributed by atoms with van der Waals surface area (Å²) < 4.78 is 6.57. The van der Waals surface area contributed by atoms with Gasteiger partial charge in [0.1, 0.15) is 5.15 Å². The zero-order valence-electron chi connectivity index (χ0n) is 7.77. The van der Waals surface area contributed by atoms with Crippen LogP contribution in [0.5, 0.6) is 0 Å². The van der Waals surface area contributed by atoms with Gasteiger partial charge in [0.25, 0.3) is 0 Å². The molecule has 5 heteroatoms. The molecule has 0 fully saturated rings. The lowest BCUT2D eigenvalue weighted by Gasteiger charge is -1.92. The molecule has 0 N–H and O–H groups in total. The fourth-order valence-corrected chi connectivity index (χ4v) is 1.41. The van der Waals surface area contributed by atoms with Crippen molar-refractivity contribution in [3.8, 4) is 0 Å². The van der Waals surface area contributed by atoms with Gasteiger partial charge in [-0.15, -0.1) is 5.10 Å². The standard InChI is InChI=1S/C9H10ClN3O/c1-14-6-5-8-11-9-4-2-3-7(10)13(9)12-8/h2-4H,5-6H2,1H3. The quantitative estimate of drug-likeness (QED) is 0.724. The van der Waals surface area contributed by atoms with Crippen molar-refractivity contribution in [2.24, 2.45) is 0 Å². The monoisotopic (exact) mass is 211 g/mol. The molecule has 0 radical (unpaired) electrons. The normalized spacial score (nSPS) is 11.0. The summed E-state index contributed by atoms with van der Waals surface area (Å²) in [5.41, 5.74) is 0.767. The van der Waals surface area contributed by atoms with Crippen LogP contribution in [0.3, 0.4) is 0 Å². The number of hydrogen-bond donors (Lipinski definition) is 0. The van der Waals surface area contributed by atoms with E-state index < -0.39 is 0 Å². The van der Waals surface area contributed by atoms with E-state index in [1.165, 1.54) is 0 Å². The summed E-state index contributed by atoms with van der Waals surface area (Å²) >= 11 is 5.93. The van der Waals surface area contributed by atoms with E-state index in [0.717, 1.165) is 11.5 Å². The van der Waals surface area contributed by atoms with Crippen LogP contribution in [0.2, 0.25) is 5.15 Å². The Morgan fingerprint density at radius 2 is 2.36 bits per heavy atom. The van der Waals surface area contributed by atoms with Crippen molar-refractivity contribution in [1.29, 1.82) is 0 Å². The second-order valence-corrected chi connectivity index (χ2v) is 3.28. The smallest absolute Gasteiger partial charge is 0.157 e. The Bertz CT molecular complexity index is 441. The molecule has 74 valence electrons. The van der Waals surface area contributed by atoms with Gasteiger partial charge < -0.3 is 4.74 Å². The molecule has 2 aromatic heterocycles. The summed E-state index contributed by atoms with van der Waals surface area (Å²) in [6, 6.07) is 5.50. The minimum atomic E-state index is 0.568. The summed E-state index contributed by atoms with van der Waals surface area (Å²) in [6.45, 7) is 0.620. The molecule has 2 rings (SSSR count). The minimum Gasteiger partial charge on any atom is -0.384 e. The lowest BCUT2D eigenvalue weighted by atomic mass is 10.4. The molecule has 0 atom stereocenters. The van der Waals surface area contributed by atoms with Gasteiger partial charge in [0.15, 0.2) is 11.5 Å². The maximum atomic E-state index is 5.93. The fraction of sp³-hybridized carbons (Fsp3) is 0.333. The van der Waals surface area contributed by atoms with E-state index in [1.54, 1.807) is 17.7 Å². The van der Waals surface area contributed by atoms with Gasteiger partial charge in [-0.05, 0) is 12.1 Å². The first-order valence-electron chi connectivity index (χ1n) is 4.30. The Hall–Kier alpha value is -1.13. The number of rotatable bonds is 3. The average Bonchev–Trinajstić information content (AvgIpc) is 2.59. The van der Waals surface area contributed by atoms with Crippen LogP contribution in [-0.4, -0.2) is 28.3 Å². The molecule has 14 heavy (non-hydrogen) atoms. The second-order valence-electron chi connectivity index (χ2n) is 2.89. The van der Waals surface area contributed by atoms with Crippen molar-refractivity contribution in [3.63, 3.8) is 0 Å². The third kappa shape index (κ3) is 1.71. The van der Waals surface area contributed by atoms with Gasteiger partial charge in [-0.1, -0.05) is 17.7 Å². The molecule has 0 amide bonds. The molecule has 0 spiro atoms. The zero-order chi connectivity index (χ0) is 9.97. The molecule has 0 aliphatic rings. The van der Waals surface area contributed by atoms with Crippen LogP contribution in [-0.2, 0) is 11.2 Å². The highest BCUT2D eigenvalue weighted by Gasteiger charge is 2.04. The number of fused-ring (bicyclic) bond motifs is 1. The van der Waals surface area contributed by atoms with Crippen molar-refractivity contribution in [2.75, 3.05) is 13.7 Å². The van der Waals surface area contributed by atoms with Gasteiger partial charge in [-0.2, -0.15) is 0 Å². The van der Waals surface area contributed by atoms with Crippen molar-refractivity contribution >= 4 is 17.2 Å². The van der Waals surface area contributed by atoms with Crippen LogP contribution >= 0.6 is 11.6 Å². The summed E-state index contributed by atoms with van der Waals surface area (Å²) in [5, 5.41) is 4.81. The molecule has 0 aliphatic carbocycles. The van der Waals surface area contributed by atoms with Gasteiger partial charge in [0.2, 0.25) is 0 Å². The molecule has 0 bridgehead atoms. The predicted molar refractivity (Wildman–Crippen MR) is 53.6 cm³/mol. The van der Waals surface area contributed by atoms with Crippen LogP contribution in [0, 0.1) is 0 Å². The Balaban J connectivity index is 2.36. The molecule has 0 unspecified atom stereocenters. The van der Waals surface area contributed by atoms with Crippen LogP contribution in [0.25, 0.3) is 5.65 Å². The molecule has 2 aromatic rings. The molecular formula is C9H10ClN3O. The number of halogens is 1. The van der Waals surface area contributed by atoms with Crippen LogP contribution in [0.4, 0.5) is 0 Å². The van der Waals surface area contributed by atoms with E-state index in [9.17, 15) is 0 Å². The Morgan fingerprint density at radius 1 is 1.50 bits per heavy atom. The molecule has 0 aromatic carbocycles. The summed E-state index contributed by atoms with van der Waals surface area (Å²) in [7, 11) is 1.66. The second kappa shape index (κ2) is 3.94. The maximum absolute atomic E-state index is 5.93. The summed E-state index contributed by atoms with van der Waals surface area (Å²) in [6.07, 6.45) is 0.703. The molecule has 0 saturated heterocycles. The first kappa shape index (κ1) is 9.43. The highest BCUT2D eigenvalue weighted by atomic mass is 35.5. The van der Waals surface area contributed by atoms with Gasteiger partial charge in [-0.3, -0.25) is 0 Å². The zero-order valence-corrected chi connectivity index (χ0v) is 8.53. The Morgan fingerprint density at radius 3 is 3.07 bits per heavy atom. The topological polar surface area (TPSA) is 39.4 Å². The number of aromatic nitrogens is 3. The molecular weight excluding hydrogens is 202 g/mol. The Kier molecular flexibility index (Phi) is 2.65. The summed E-state index contributed by atoms with van der Waals surface area (Å²) in [4.78, 5) is 4.30. The first-order chi connectivity index (χ1) is 6.81. The van der Waals surface area contributed by atoms with Crippen molar-refractivity contribution < 1.29 is 4.74 Å². The fourth-order valence-electron chi connectivity index (χ4n) is 1.22. The number of methoxy groups -OCH3 is 1. The van der Waals surface area contributed by atoms with Gasteiger partial charge in [-0.25, -0.2) is 9.50 Å². The summed E-state index contributed by atoms with van der Waals surface area (Å²) in [5.74, 6) is 0.750. The van der Waals surface area contributed by atoms with Gasteiger partial charge in [0.05, 0.1) is 6.61 Å². The lowest BCUT2D eigenvalue weighted by Crippen LogP contribution is -1.97. The van der Waals surface area contributed by atoms with E-state index in [1.807, 2.05) is 12.1 Å². The molecule has 0 aliphatic heterocycles. The SMILES string of the molecule is COCCc1nc2cccc(Cl)n2n1. The van der Waals surface area contributed by atoms with E-state index in [-0.39, 0.29) is 0 Å². The molecule has 4 nitrogen and oxygen atoms in total. The van der Waals surface area contributed by atoms with E-state index in [0.29, 0.717) is 18.2 Å². The number of hydrogen-bond acceptors (Lipinski definition) is 3. The van der Waals surface area contributed by atoms with Crippen molar-refractivity contribution in [1.82, 2.24) is 14.6 Å².